The lowest BCUT2D eigenvalue weighted by molar-refractivity contribution is 1.05. The van der Waals surface area contributed by atoms with E-state index in [4.69, 9.17) is 0 Å². The Morgan fingerprint density at radius 1 is 1.50 bits per heavy atom. The van der Waals surface area contributed by atoms with Gasteiger partial charge in [-0.1, -0.05) is 0 Å². The first kappa shape index (κ1) is 7.34. The van der Waals surface area contributed by atoms with Crippen molar-refractivity contribution in [3.63, 3.8) is 0 Å². The van der Waals surface area contributed by atoms with Crippen LogP contribution in [0.4, 0.5) is 5.82 Å². The van der Waals surface area contributed by atoms with Gasteiger partial charge in [0.1, 0.15) is 17.2 Å². The molecule has 0 fully saturated rings. The minimum absolute atomic E-state index is 0.861. The van der Waals surface area contributed by atoms with Crippen molar-refractivity contribution >= 4 is 17.6 Å². The molecule has 54 valence electrons. The van der Waals surface area contributed by atoms with Crippen LogP contribution in [-0.4, -0.2) is 23.3 Å². The van der Waals surface area contributed by atoms with Gasteiger partial charge in [0, 0.05) is 13.1 Å². The largest absolute Gasteiger partial charge is 0.373 e. The van der Waals surface area contributed by atoms with Crippen LogP contribution in [0.25, 0.3) is 0 Å². The Balaban J connectivity index is 2.87. The summed E-state index contributed by atoms with van der Waals surface area (Å²) >= 11 is 1.61. The molecule has 0 bridgehead atoms. The Bertz CT molecular complexity index is 195. The summed E-state index contributed by atoms with van der Waals surface area (Å²) in [6.07, 6.45) is 3.54. The average Bonchev–Trinajstić information content (AvgIpc) is 2.05. The average molecular weight is 155 g/mol. The zero-order valence-corrected chi connectivity index (χ0v) is 6.77. The Labute approximate surface area is 64.3 Å². The molecular formula is C6H9N3S. The van der Waals surface area contributed by atoms with E-state index in [9.17, 15) is 0 Å². The molecule has 0 aromatic carbocycles. The molecule has 0 aliphatic rings. The summed E-state index contributed by atoms with van der Waals surface area (Å²) in [5, 5.41) is 3.92. The van der Waals surface area contributed by atoms with E-state index < -0.39 is 0 Å². The third-order valence-corrected chi connectivity index (χ3v) is 1.75. The van der Waals surface area contributed by atoms with Crippen LogP contribution in [0.15, 0.2) is 17.4 Å². The van der Waals surface area contributed by atoms with Gasteiger partial charge < -0.3 is 5.32 Å². The maximum absolute atomic E-state index is 4.02. The fraction of sp³-hybridized carbons (Fsp3) is 0.333. The van der Waals surface area contributed by atoms with E-state index in [0.717, 1.165) is 10.8 Å². The highest BCUT2D eigenvalue weighted by Crippen LogP contribution is 2.12. The van der Waals surface area contributed by atoms with Crippen molar-refractivity contribution in [1.82, 2.24) is 9.97 Å². The lowest BCUT2D eigenvalue weighted by Gasteiger charge is -1.98. The van der Waals surface area contributed by atoms with E-state index in [1.807, 2.05) is 19.4 Å². The van der Waals surface area contributed by atoms with Crippen LogP contribution >= 0.6 is 11.8 Å². The second-order valence-electron chi connectivity index (χ2n) is 1.70. The summed E-state index contributed by atoms with van der Waals surface area (Å²) in [7, 11) is 1.84. The summed E-state index contributed by atoms with van der Waals surface area (Å²) in [5.41, 5.74) is 0. The first-order chi connectivity index (χ1) is 4.86. The standard InChI is InChI=1S/C6H9N3S/c1-7-5-3-6(10-2)9-4-8-5/h3-4H,1-2H3,(H,7,8,9). The number of nitrogens with one attached hydrogen (secondary N) is 1. The SMILES string of the molecule is CNc1cc(SC)ncn1. The van der Waals surface area contributed by atoms with Gasteiger partial charge in [-0.15, -0.1) is 11.8 Å². The summed E-state index contributed by atoms with van der Waals surface area (Å²) in [4.78, 5) is 7.99. The molecule has 0 amide bonds. The number of rotatable bonds is 2. The smallest absolute Gasteiger partial charge is 0.130 e. The fourth-order valence-corrected chi connectivity index (χ4v) is 0.970. The van der Waals surface area contributed by atoms with Gasteiger partial charge in [-0.3, -0.25) is 0 Å². The zero-order valence-electron chi connectivity index (χ0n) is 5.96. The summed E-state index contributed by atoms with van der Waals surface area (Å²) < 4.78 is 0. The summed E-state index contributed by atoms with van der Waals surface area (Å²) in [5.74, 6) is 0.861. The third kappa shape index (κ3) is 1.60. The van der Waals surface area contributed by atoms with Crippen LogP contribution in [0.2, 0.25) is 0 Å². The molecule has 0 aliphatic heterocycles. The van der Waals surface area contributed by atoms with Gasteiger partial charge in [-0.05, 0) is 6.26 Å². The van der Waals surface area contributed by atoms with E-state index in [1.54, 1.807) is 18.1 Å². The molecule has 0 radical (unpaired) electrons. The first-order valence-corrected chi connectivity index (χ1v) is 4.13. The Kier molecular flexibility index (Phi) is 2.50. The van der Waals surface area contributed by atoms with Crippen LogP contribution in [0.5, 0.6) is 0 Å². The van der Waals surface area contributed by atoms with E-state index in [-0.39, 0.29) is 0 Å². The molecule has 1 rings (SSSR count). The van der Waals surface area contributed by atoms with E-state index in [1.165, 1.54) is 0 Å². The maximum atomic E-state index is 4.02. The molecule has 0 saturated carbocycles. The van der Waals surface area contributed by atoms with Gasteiger partial charge in [0.2, 0.25) is 0 Å². The lowest BCUT2D eigenvalue weighted by Crippen LogP contribution is -1.92. The predicted molar refractivity (Wildman–Crippen MR) is 43.4 cm³/mol. The molecular weight excluding hydrogens is 146 g/mol. The third-order valence-electron chi connectivity index (χ3n) is 1.11. The van der Waals surface area contributed by atoms with E-state index in [2.05, 4.69) is 15.3 Å². The first-order valence-electron chi connectivity index (χ1n) is 2.90. The minimum Gasteiger partial charge on any atom is -0.373 e. The van der Waals surface area contributed by atoms with Gasteiger partial charge in [0.05, 0.1) is 0 Å². The van der Waals surface area contributed by atoms with Crippen molar-refractivity contribution in [2.24, 2.45) is 0 Å². The van der Waals surface area contributed by atoms with Crippen LogP contribution in [0.1, 0.15) is 0 Å². The number of aromatic nitrogens is 2. The molecule has 1 aromatic rings. The van der Waals surface area contributed by atoms with Crippen molar-refractivity contribution < 1.29 is 0 Å². The number of anilines is 1. The summed E-state index contributed by atoms with van der Waals surface area (Å²) in [6.45, 7) is 0. The molecule has 0 unspecified atom stereocenters. The monoisotopic (exact) mass is 155 g/mol. The van der Waals surface area contributed by atoms with Crippen molar-refractivity contribution in [2.75, 3.05) is 18.6 Å². The molecule has 0 saturated heterocycles. The molecule has 0 atom stereocenters. The van der Waals surface area contributed by atoms with Gasteiger partial charge in [0.15, 0.2) is 0 Å². The molecule has 3 nitrogen and oxygen atoms in total. The van der Waals surface area contributed by atoms with E-state index in [0.29, 0.717) is 0 Å². The second kappa shape index (κ2) is 3.41. The van der Waals surface area contributed by atoms with E-state index >= 15 is 0 Å². The van der Waals surface area contributed by atoms with Gasteiger partial charge in [0.25, 0.3) is 0 Å². The minimum atomic E-state index is 0.861. The molecule has 10 heavy (non-hydrogen) atoms. The highest BCUT2D eigenvalue weighted by atomic mass is 32.2. The predicted octanol–water partition coefficient (Wildman–Crippen LogP) is 1.24. The van der Waals surface area contributed by atoms with Crippen LogP contribution in [-0.2, 0) is 0 Å². The number of hydrogen-bond acceptors (Lipinski definition) is 4. The Hall–Kier alpha value is -0.770. The Morgan fingerprint density at radius 3 is 2.90 bits per heavy atom. The molecule has 0 spiro atoms. The highest BCUT2D eigenvalue weighted by molar-refractivity contribution is 7.98. The summed E-state index contributed by atoms with van der Waals surface area (Å²) in [6, 6.07) is 1.91. The van der Waals surface area contributed by atoms with Gasteiger partial charge >= 0.3 is 0 Å². The topological polar surface area (TPSA) is 37.8 Å². The van der Waals surface area contributed by atoms with Crippen LogP contribution in [0.3, 0.4) is 0 Å². The number of nitrogens with zero attached hydrogens (tertiary/aromatic N) is 2. The lowest BCUT2D eigenvalue weighted by atomic mass is 10.6. The van der Waals surface area contributed by atoms with Crippen molar-refractivity contribution in [2.45, 2.75) is 5.03 Å². The number of hydrogen-bond donors (Lipinski definition) is 1. The normalized spacial score (nSPS) is 9.40. The fourth-order valence-electron chi connectivity index (χ4n) is 0.588. The van der Waals surface area contributed by atoms with Crippen molar-refractivity contribution in [3.05, 3.63) is 12.4 Å². The van der Waals surface area contributed by atoms with Gasteiger partial charge in [-0.25, -0.2) is 9.97 Å². The van der Waals surface area contributed by atoms with Crippen LogP contribution in [0, 0.1) is 0 Å². The molecule has 0 aliphatic carbocycles. The quantitative estimate of drug-likeness (QED) is 0.515. The van der Waals surface area contributed by atoms with Gasteiger partial charge in [-0.2, -0.15) is 0 Å². The molecule has 1 aromatic heterocycles. The number of thioether (sulfide) groups is 1. The highest BCUT2D eigenvalue weighted by Gasteiger charge is 1.92. The molecule has 1 heterocycles. The zero-order chi connectivity index (χ0) is 7.40. The van der Waals surface area contributed by atoms with Crippen molar-refractivity contribution in [3.8, 4) is 0 Å². The van der Waals surface area contributed by atoms with Crippen LogP contribution < -0.4 is 5.32 Å². The maximum Gasteiger partial charge on any atom is 0.130 e. The Morgan fingerprint density at radius 2 is 2.30 bits per heavy atom. The molecule has 1 N–H and O–H groups in total. The molecule has 4 heteroatoms. The second-order valence-corrected chi connectivity index (χ2v) is 2.52. The van der Waals surface area contributed by atoms with Crippen molar-refractivity contribution in [1.29, 1.82) is 0 Å².